The third-order valence-corrected chi connectivity index (χ3v) is 2.47. The molecule has 0 aromatic carbocycles. The Labute approximate surface area is 95.3 Å². The second-order valence-electron chi connectivity index (χ2n) is 3.85. The molecule has 15 heavy (non-hydrogen) atoms. The standard InChI is InChI=1S/C10H17ClN4/c1-4-7(6(2)3)13-9-5-8(12)14-10(11)15-9/h5-7H,4H2,1-3H3,(H3,12,13,14,15)/t7-/m0/s1. The Morgan fingerprint density at radius 1 is 1.47 bits per heavy atom. The Bertz CT molecular complexity index is 307. The summed E-state index contributed by atoms with van der Waals surface area (Å²) in [4.78, 5) is 7.87. The molecule has 1 rings (SSSR count). The minimum Gasteiger partial charge on any atom is -0.383 e. The number of hydrogen-bond donors (Lipinski definition) is 2. The quantitative estimate of drug-likeness (QED) is 0.778. The number of aromatic nitrogens is 2. The molecule has 5 heteroatoms. The lowest BCUT2D eigenvalue weighted by Gasteiger charge is -2.21. The molecule has 0 saturated carbocycles. The van der Waals surface area contributed by atoms with E-state index in [1.807, 2.05) is 0 Å². The third-order valence-electron chi connectivity index (χ3n) is 2.30. The van der Waals surface area contributed by atoms with Crippen molar-refractivity contribution < 1.29 is 0 Å². The van der Waals surface area contributed by atoms with Crippen molar-refractivity contribution in [2.24, 2.45) is 5.92 Å². The Hall–Kier alpha value is -1.03. The Morgan fingerprint density at radius 3 is 2.60 bits per heavy atom. The molecular formula is C10H17ClN4. The molecular weight excluding hydrogens is 212 g/mol. The highest BCUT2D eigenvalue weighted by molar-refractivity contribution is 6.28. The molecule has 0 amide bonds. The molecule has 0 aliphatic heterocycles. The second kappa shape index (κ2) is 5.16. The first kappa shape index (κ1) is 12.0. The molecule has 0 fully saturated rings. The Morgan fingerprint density at radius 2 is 2.13 bits per heavy atom. The van der Waals surface area contributed by atoms with Gasteiger partial charge in [0.25, 0.3) is 0 Å². The van der Waals surface area contributed by atoms with Crippen molar-refractivity contribution in [3.63, 3.8) is 0 Å². The first-order valence-electron chi connectivity index (χ1n) is 5.09. The zero-order chi connectivity index (χ0) is 11.4. The van der Waals surface area contributed by atoms with Crippen LogP contribution in [-0.2, 0) is 0 Å². The lowest BCUT2D eigenvalue weighted by Crippen LogP contribution is -2.25. The maximum atomic E-state index is 5.71. The summed E-state index contributed by atoms with van der Waals surface area (Å²) in [5, 5.41) is 3.47. The van der Waals surface area contributed by atoms with E-state index in [1.54, 1.807) is 6.07 Å². The fourth-order valence-corrected chi connectivity index (χ4v) is 1.63. The van der Waals surface area contributed by atoms with Crippen LogP contribution in [-0.4, -0.2) is 16.0 Å². The number of rotatable bonds is 4. The van der Waals surface area contributed by atoms with Gasteiger partial charge in [0.1, 0.15) is 11.6 Å². The van der Waals surface area contributed by atoms with Gasteiger partial charge in [0.05, 0.1) is 0 Å². The molecule has 0 aliphatic rings. The van der Waals surface area contributed by atoms with Gasteiger partial charge in [0.15, 0.2) is 0 Å². The van der Waals surface area contributed by atoms with Crippen molar-refractivity contribution in [1.82, 2.24) is 9.97 Å². The summed E-state index contributed by atoms with van der Waals surface area (Å²) in [5.74, 6) is 1.61. The maximum absolute atomic E-state index is 5.71. The van der Waals surface area contributed by atoms with Gasteiger partial charge >= 0.3 is 0 Å². The highest BCUT2D eigenvalue weighted by atomic mass is 35.5. The lowest BCUT2D eigenvalue weighted by atomic mass is 10.0. The topological polar surface area (TPSA) is 63.8 Å². The minimum absolute atomic E-state index is 0.177. The Kier molecular flexibility index (Phi) is 4.15. The third kappa shape index (κ3) is 3.55. The summed E-state index contributed by atoms with van der Waals surface area (Å²) in [7, 11) is 0. The summed E-state index contributed by atoms with van der Waals surface area (Å²) in [6, 6.07) is 2.06. The van der Waals surface area contributed by atoms with Gasteiger partial charge in [-0.15, -0.1) is 0 Å². The van der Waals surface area contributed by atoms with E-state index in [1.165, 1.54) is 0 Å². The predicted octanol–water partition coefficient (Wildman–Crippen LogP) is 2.56. The first-order chi connectivity index (χ1) is 7.02. The van der Waals surface area contributed by atoms with E-state index in [4.69, 9.17) is 17.3 Å². The van der Waals surface area contributed by atoms with Crippen LogP contribution in [0, 0.1) is 5.92 Å². The van der Waals surface area contributed by atoms with Crippen LogP contribution in [0.3, 0.4) is 0 Å². The van der Waals surface area contributed by atoms with Gasteiger partial charge in [-0.1, -0.05) is 20.8 Å². The van der Waals surface area contributed by atoms with Gasteiger partial charge < -0.3 is 11.1 Å². The number of halogens is 1. The molecule has 0 bridgehead atoms. The van der Waals surface area contributed by atoms with Crippen LogP contribution in [0.1, 0.15) is 27.2 Å². The fourth-order valence-electron chi connectivity index (χ4n) is 1.44. The average Bonchev–Trinajstić information content (AvgIpc) is 2.12. The van der Waals surface area contributed by atoms with E-state index >= 15 is 0 Å². The van der Waals surface area contributed by atoms with Crippen LogP contribution >= 0.6 is 11.6 Å². The first-order valence-corrected chi connectivity index (χ1v) is 5.47. The van der Waals surface area contributed by atoms with Crippen LogP contribution in [0.5, 0.6) is 0 Å². The molecule has 0 spiro atoms. The van der Waals surface area contributed by atoms with Gasteiger partial charge in [-0.05, 0) is 23.9 Å². The summed E-state index contributed by atoms with van der Waals surface area (Å²) in [6.07, 6.45) is 1.03. The zero-order valence-electron chi connectivity index (χ0n) is 9.29. The van der Waals surface area contributed by atoms with E-state index in [0.717, 1.165) is 6.42 Å². The van der Waals surface area contributed by atoms with Crippen LogP contribution in [0.4, 0.5) is 11.6 Å². The highest BCUT2D eigenvalue weighted by Crippen LogP contribution is 2.16. The van der Waals surface area contributed by atoms with Gasteiger partial charge in [-0.2, -0.15) is 0 Å². The molecule has 0 radical (unpaired) electrons. The van der Waals surface area contributed by atoms with Crippen LogP contribution in [0.2, 0.25) is 5.28 Å². The summed E-state index contributed by atoms with van der Waals surface area (Å²) >= 11 is 5.71. The van der Waals surface area contributed by atoms with E-state index in [0.29, 0.717) is 23.6 Å². The minimum atomic E-state index is 0.177. The van der Waals surface area contributed by atoms with Crippen molar-refractivity contribution in [1.29, 1.82) is 0 Å². The number of nitrogens with one attached hydrogen (secondary N) is 1. The smallest absolute Gasteiger partial charge is 0.226 e. The van der Waals surface area contributed by atoms with Crippen LogP contribution in [0.25, 0.3) is 0 Å². The van der Waals surface area contributed by atoms with E-state index in [2.05, 4.69) is 36.1 Å². The van der Waals surface area contributed by atoms with Crippen LogP contribution in [0.15, 0.2) is 6.07 Å². The maximum Gasteiger partial charge on any atom is 0.226 e. The van der Waals surface area contributed by atoms with E-state index in [-0.39, 0.29) is 5.28 Å². The van der Waals surface area contributed by atoms with Gasteiger partial charge in [0.2, 0.25) is 5.28 Å². The van der Waals surface area contributed by atoms with Gasteiger partial charge in [0, 0.05) is 12.1 Å². The van der Waals surface area contributed by atoms with Gasteiger partial charge in [-0.3, -0.25) is 0 Å². The van der Waals surface area contributed by atoms with Crippen molar-refractivity contribution >= 4 is 23.2 Å². The molecule has 1 aromatic rings. The molecule has 1 atom stereocenters. The summed E-state index contributed by atoms with van der Waals surface area (Å²) in [6.45, 7) is 6.45. The number of nitrogens with zero attached hydrogens (tertiary/aromatic N) is 2. The molecule has 0 saturated heterocycles. The average molecular weight is 229 g/mol. The van der Waals surface area contributed by atoms with E-state index < -0.39 is 0 Å². The number of anilines is 2. The van der Waals surface area contributed by atoms with Crippen molar-refractivity contribution in [2.75, 3.05) is 11.1 Å². The van der Waals surface area contributed by atoms with Crippen LogP contribution < -0.4 is 11.1 Å². The second-order valence-corrected chi connectivity index (χ2v) is 4.19. The summed E-state index contributed by atoms with van der Waals surface area (Å²) in [5.41, 5.74) is 5.58. The summed E-state index contributed by atoms with van der Waals surface area (Å²) < 4.78 is 0. The van der Waals surface area contributed by atoms with Gasteiger partial charge in [-0.25, -0.2) is 9.97 Å². The number of nitrogens with two attached hydrogens (primary N) is 1. The van der Waals surface area contributed by atoms with Crippen molar-refractivity contribution in [3.8, 4) is 0 Å². The molecule has 1 heterocycles. The fraction of sp³-hybridized carbons (Fsp3) is 0.600. The normalized spacial score (nSPS) is 12.9. The molecule has 0 aliphatic carbocycles. The predicted molar refractivity (Wildman–Crippen MR) is 64.0 cm³/mol. The molecule has 3 N–H and O–H groups in total. The Balaban J connectivity index is 2.79. The molecule has 4 nitrogen and oxygen atoms in total. The zero-order valence-corrected chi connectivity index (χ0v) is 10.0. The van der Waals surface area contributed by atoms with Crippen molar-refractivity contribution in [3.05, 3.63) is 11.3 Å². The molecule has 84 valence electrons. The lowest BCUT2D eigenvalue weighted by molar-refractivity contribution is 0.510. The monoisotopic (exact) mass is 228 g/mol. The number of hydrogen-bond acceptors (Lipinski definition) is 4. The molecule has 1 aromatic heterocycles. The van der Waals surface area contributed by atoms with E-state index in [9.17, 15) is 0 Å². The van der Waals surface area contributed by atoms with Crippen molar-refractivity contribution in [2.45, 2.75) is 33.2 Å². The largest absolute Gasteiger partial charge is 0.383 e. The number of nitrogen functional groups attached to an aromatic ring is 1. The SMILES string of the molecule is CC[C@H](Nc1cc(N)nc(Cl)n1)C(C)C. The molecule has 0 unspecified atom stereocenters. The highest BCUT2D eigenvalue weighted by Gasteiger charge is 2.11.